The fraction of sp³-hybridized carbons (Fsp3) is 0.562. The Labute approximate surface area is 121 Å². The number of nitrogens with one attached hydrogen (secondary N) is 1. The number of aliphatic carboxylic acids is 1. The summed E-state index contributed by atoms with van der Waals surface area (Å²) >= 11 is 0. The van der Waals surface area contributed by atoms with E-state index in [4.69, 9.17) is 0 Å². The lowest BCUT2D eigenvalue weighted by molar-refractivity contribution is -0.139. The number of carboxylic acid groups (broad SMARTS) is 1. The summed E-state index contributed by atoms with van der Waals surface area (Å²) in [6, 6.07) is 9.61. The highest BCUT2D eigenvalue weighted by Gasteiger charge is 2.21. The SMILES string of the molecule is CCCCN(CC(NC(C)C)C(=O)O)c1ccccc1. The first kappa shape index (κ1) is 16.5. The van der Waals surface area contributed by atoms with Gasteiger partial charge in [-0.3, -0.25) is 4.79 Å². The minimum Gasteiger partial charge on any atom is -0.480 e. The summed E-state index contributed by atoms with van der Waals surface area (Å²) in [6.45, 7) is 7.44. The molecule has 1 atom stereocenters. The third-order valence-corrected chi connectivity index (χ3v) is 3.14. The van der Waals surface area contributed by atoms with Gasteiger partial charge in [-0.25, -0.2) is 0 Å². The summed E-state index contributed by atoms with van der Waals surface area (Å²) in [7, 11) is 0. The second kappa shape index (κ2) is 8.59. The average Bonchev–Trinajstić information content (AvgIpc) is 2.42. The second-order valence-corrected chi connectivity index (χ2v) is 5.35. The monoisotopic (exact) mass is 278 g/mol. The van der Waals surface area contributed by atoms with Gasteiger partial charge in [-0.05, 0) is 18.6 Å². The molecule has 20 heavy (non-hydrogen) atoms. The fourth-order valence-corrected chi connectivity index (χ4v) is 2.14. The highest BCUT2D eigenvalue weighted by Crippen LogP contribution is 2.14. The molecule has 4 heteroatoms. The molecule has 0 aliphatic heterocycles. The number of carbonyl (C=O) groups is 1. The summed E-state index contributed by atoms with van der Waals surface area (Å²) < 4.78 is 0. The Bertz CT molecular complexity index is 393. The van der Waals surface area contributed by atoms with E-state index in [1.54, 1.807) is 0 Å². The molecule has 0 heterocycles. The van der Waals surface area contributed by atoms with Crippen molar-refractivity contribution in [1.29, 1.82) is 0 Å². The van der Waals surface area contributed by atoms with Crippen molar-refractivity contribution in [3.8, 4) is 0 Å². The molecule has 112 valence electrons. The molecule has 0 saturated carbocycles. The van der Waals surface area contributed by atoms with E-state index in [0.717, 1.165) is 25.1 Å². The van der Waals surface area contributed by atoms with Crippen molar-refractivity contribution >= 4 is 11.7 Å². The van der Waals surface area contributed by atoms with Crippen molar-refractivity contribution in [2.24, 2.45) is 0 Å². The standard InChI is InChI=1S/C16H26N2O2/c1-4-5-11-18(14-9-7-6-8-10-14)12-15(16(19)20)17-13(2)3/h6-10,13,15,17H,4-5,11-12H2,1-3H3,(H,19,20). The number of carboxylic acids is 1. The normalized spacial score (nSPS) is 12.4. The Morgan fingerprint density at radius 1 is 1.30 bits per heavy atom. The quantitative estimate of drug-likeness (QED) is 0.729. The van der Waals surface area contributed by atoms with Crippen LogP contribution in [0.3, 0.4) is 0 Å². The van der Waals surface area contributed by atoms with Crippen LogP contribution in [-0.2, 0) is 4.79 Å². The summed E-state index contributed by atoms with van der Waals surface area (Å²) in [4.78, 5) is 13.5. The van der Waals surface area contributed by atoms with Crippen LogP contribution in [0, 0.1) is 0 Å². The van der Waals surface area contributed by atoms with Gasteiger partial charge < -0.3 is 15.3 Å². The van der Waals surface area contributed by atoms with Gasteiger partial charge in [0, 0.05) is 24.8 Å². The van der Waals surface area contributed by atoms with Crippen LogP contribution >= 0.6 is 0 Å². The van der Waals surface area contributed by atoms with Crippen molar-refractivity contribution < 1.29 is 9.90 Å². The highest BCUT2D eigenvalue weighted by atomic mass is 16.4. The van der Waals surface area contributed by atoms with Crippen LogP contribution in [0.15, 0.2) is 30.3 Å². The van der Waals surface area contributed by atoms with E-state index in [1.165, 1.54) is 0 Å². The van der Waals surface area contributed by atoms with E-state index in [1.807, 2.05) is 44.2 Å². The highest BCUT2D eigenvalue weighted by molar-refractivity contribution is 5.74. The van der Waals surface area contributed by atoms with Gasteiger partial charge in [-0.2, -0.15) is 0 Å². The number of nitrogens with zero attached hydrogens (tertiary/aromatic N) is 1. The Morgan fingerprint density at radius 2 is 1.95 bits per heavy atom. The lowest BCUT2D eigenvalue weighted by Crippen LogP contribution is -2.49. The van der Waals surface area contributed by atoms with Gasteiger partial charge in [0.25, 0.3) is 0 Å². The molecular formula is C16H26N2O2. The first-order valence-electron chi connectivity index (χ1n) is 7.33. The molecular weight excluding hydrogens is 252 g/mol. The van der Waals surface area contributed by atoms with Crippen LogP contribution in [0.4, 0.5) is 5.69 Å². The van der Waals surface area contributed by atoms with Crippen LogP contribution in [0.1, 0.15) is 33.6 Å². The van der Waals surface area contributed by atoms with Crippen LogP contribution in [0.5, 0.6) is 0 Å². The topological polar surface area (TPSA) is 52.6 Å². The van der Waals surface area contributed by atoms with E-state index in [-0.39, 0.29) is 6.04 Å². The minimum atomic E-state index is -0.795. The third kappa shape index (κ3) is 5.61. The summed E-state index contributed by atoms with van der Waals surface area (Å²) in [5, 5.41) is 12.5. The summed E-state index contributed by atoms with van der Waals surface area (Å²) in [5.41, 5.74) is 1.08. The average molecular weight is 278 g/mol. The predicted octanol–water partition coefficient (Wildman–Crippen LogP) is 2.74. The predicted molar refractivity (Wildman–Crippen MR) is 83.3 cm³/mol. The van der Waals surface area contributed by atoms with Gasteiger partial charge >= 0.3 is 5.97 Å². The lowest BCUT2D eigenvalue weighted by atomic mass is 10.2. The molecule has 4 nitrogen and oxygen atoms in total. The van der Waals surface area contributed by atoms with Gasteiger partial charge in [-0.1, -0.05) is 45.4 Å². The smallest absolute Gasteiger partial charge is 0.322 e. The lowest BCUT2D eigenvalue weighted by Gasteiger charge is -2.29. The van der Waals surface area contributed by atoms with Crippen molar-refractivity contribution in [1.82, 2.24) is 5.32 Å². The molecule has 0 aliphatic carbocycles. The van der Waals surface area contributed by atoms with Crippen LogP contribution in [0.25, 0.3) is 0 Å². The third-order valence-electron chi connectivity index (χ3n) is 3.14. The van der Waals surface area contributed by atoms with Crippen LogP contribution in [-0.4, -0.2) is 36.2 Å². The molecule has 1 aromatic carbocycles. The molecule has 0 amide bonds. The van der Waals surface area contributed by atoms with Crippen molar-refractivity contribution in [2.45, 2.75) is 45.7 Å². The molecule has 2 N–H and O–H groups in total. The second-order valence-electron chi connectivity index (χ2n) is 5.35. The number of hydrogen-bond acceptors (Lipinski definition) is 3. The molecule has 0 aliphatic rings. The fourth-order valence-electron chi connectivity index (χ4n) is 2.14. The summed E-state index contributed by atoms with van der Waals surface area (Å²) in [6.07, 6.45) is 2.15. The molecule has 0 fully saturated rings. The number of benzene rings is 1. The molecule has 0 saturated heterocycles. The van der Waals surface area contributed by atoms with Crippen LogP contribution < -0.4 is 10.2 Å². The van der Waals surface area contributed by atoms with Gasteiger partial charge in [0.15, 0.2) is 0 Å². The van der Waals surface area contributed by atoms with E-state index in [0.29, 0.717) is 6.54 Å². The Hall–Kier alpha value is -1.55. The molecule has 1 rings (SSSR count). The number of hydrogen-bond donors (Lipinski definition) is 2. The Kier molecular flexibility index (Phi) is 7.09. The van der Waals surface area contributed by atoms with Gasteiger partial charge in [0.05, 0.1) is 0 Å². The van der Waals surface area contributed by atoms with Gasteiger partial charge in [-0.15, -0.1) is 0 Å². The zero-order chi connectivity index (χ0) is 15.0. The van der Waals surface area contributed by atoms with Gasteiger partial charge in [0.2, 0.25) is 0 Å². The van der Waals surface area contributed by atoms with Gasteiger partial charge in [0.1, 0.15) is 6.04 Å². The van der Waals surface area contributed by atoms with E-state index >= 15 is 0 Å². The maximum atomic E-state index is 11.4. The van der Waals surface area contributed by atoms with E-state index < -0.39 is 12.0 Å². The Morgan fingerprint density at radius 3 is 2.45 bits per heavy atom. The zero-order valence-electron chi connectivity index (χ0n) is 12.7. The molecule has 0 radical (unpaired) electrons. The molecule has 1 aromatic rings. The number of para-hydroxylation sites is 1. The van der Waals surface area contributed by atoms with Crippen molar-refractivity contribution in [2.75, 3.05) is 18.0 Å². The zero-order valence-corrected chi connectivity index (χ0v) is 12.7. The molecule has 0 spiro atoms. The van der Waals surface area contributed by atoms with Crippen molar-refractivity contribution in [3.05, 3.63) is 30.3 Å². The summed E-state index contributed by atoms with van der Waals surface area (Å²) in [5.74, 6) is -0.795. The largest absolute Gasteiger partial charge is 0.480 e. The number of rotatable bonds is 9. The maximum absolute atomic E-state index is 11.4. The molecule has 0 aromatic heterocycles. The van der Waals surface area contributed by atoms with E-state index in [2.05, 4.69) is 17.1 Å². The van der Waals surface area contributed by atoms with Crippen molar-refractivity contribution in [3.63, 3.8) is 0 Å². The first-order chi connectivity index (χ1) is 9.54. The van der Waals surface area contributed by atoms with E-state index in [9.17, 15) is 9.90 Å². The molecule has 0 bridgehead atoms. The maximum Gasteiger partial charge on any atom is 0.322 e. The number of unbranched alkanes of at least 4 members (excludes halogenated alkanes) is 1. The first-order valence-corrected chi connectivity index (χ1v) is 7.33. The number of anilines is 1. The molecule has 1 unspecified atom stereocenters. The van der Waals surface area contributed by atoms with Crippen LogP contribution in [0.2, 0.25) is 0 Å². The Balaban J connectivity index is 2.79. The minimum absolute atomic E-state index is 0.153.